The molecule has 0 saturated carbocycles. The smallest absolute Gasteiger partial charge is 0.247 e. The Bertz CT molecular complexity index is 1170. The SMILES string of the molecule is CNC(=O)[C@@H](c1ccc(F)cc1F)N1C(=O)[C@@H]([C@H]2Cc3ccc(O)cc3C2)NC(=O)[C@H]1CC(C)C. The Morgan fingerprint density at radius 2 is 1.86 bits per heavy atom. The number of nitrogens with one attached hydrogen (secondary N) is 2. The molecule has 1 saturated heterocycles. The summed E-state index contributed by atoms with van der Waals surface area (Å²) < 4.78 is 28.5. The largest absolute Gasteiger partial charge is 0.508 e. The van der Waals surface area contributed by atoms with Crippen LogP contribution in [-0.2, 0) is 27.2 Å². The van der Waals surface area contributed by atoms with E-state index in [1.807, 2.05) is 13.8 Å². The maximum atomic E-state index is 14.9. The van der Waals surface area contributed by atoms with Gasteiger partial charge < -0.3 is 20.6 Å². The van der Waals surface area contributed by atoms with Crippen LogP contribution in [0.5, 0.6) is 5.75 Å². The average Bonchev–Trinajstić information content (AvgIpc) is 3.21. The van der Waals surface area contributed by atoms with E-state index in [2.05, 4.69) is 10.6 Å². The van der Waals surface area contributed by atoms with Gasteiger partial charge in [-0.15, -0.1) is 0 Å². The number of phenols is 1. The zero-order valence-electron chi connectivity index (χ0n) is 19.8. The van der Waals surface area contributed by atoms with Gasteiger partial charge in [-0.1, -0.05) is 26.0 Å². The van der Waals surface area contributed by atoms with Crippen LogP contribution in [-0.4, -0.2) is 46.9 Å². The molecule has 2 aromatic carbocycles. The van der Waals surface area contributed by atoms with Gasteiger partial charge in [-0.3, -0.25) is 14.4 Å². The van der Waals surface area contributed by atoms with Crippen molar-refractivity contribution in [3.63, 3.8) is 0 Å². The van der Waals surface area contributed by atoms with E-state index < -0.39 is 47.5 Å². The van der Waals surface area contributed by atoms with E-state index in [1.165, 1.54) is 11.9 Å². The first-order chi connectivity index (χ1) is 16.6. The summed E-state index contributed by atoms with van der Waals surface area (Å²) >= 11 is 0. The Labute approximate surface area is 202 Å². The minimum atomic E-state index is -1.45. The number of fused-ring (bicyclic) bond motifs is 1. The lowest BCUT2D eigenvalue weighted by Gasteiger charge is -2.44. The van der Waals surface area contributed by atoms with Crippen LogP contribution in [0.25, 0.3) is 0 Å². The second-order valence-corrected chi connectivity index (χ2v) is 9.68. The maximum absolute atomic E-state index is 14.9. The molecule has 1 aliphatic heterocycles. The van der Waals surface area contributed by atoms with Gasteiger partial charge in [0.1, 0.15) is 35.5 Å². The van der Waals surface area contributed by atoms with E-state index in [0.29, 0.717) is 18.9 Å². The Balaban J connectivity index is 1.76. The molecule has 1 heterocycles. The van der Waals surface area contributed by atoms with Crippen LogP contribution in [0.3, 0.4) is 0 Å². The molecule has 186 valence electrons. The molecule has 0 bridgehead atoms. The fraction of sp³-hybridized carbons (Fsp3) is 0.423. The van der Waals surface area contributed by atoms with E-state index in [9.17, 15) is 28.3 Å². The summed E-state index contributed by atoms with van der Waals surface area (Å²) in [5, 5.41) is 15.1. The number of carbonyl (C=O) groups excluding carboxylic acids is 3. The number of likely N-dealkylation sites (N-methyl/N-ethyl adjacent to an activating group) is 1. The third-order valence-corrected chi connectivity index (χ3v) is 6.81. The summed E-state index contributed by atoms with van der Waals surface area (Å²) in [6.07, 6.45) is 1.22. The van der Waals surface area contributed by atoms with Gasteiger partial charge in [-0.25, -0.2) is 8.78 Å². The van der Waals surface area contributed by atoms with Crippen LogP contribution in [0.2, 0.25) is 0 Å². The first-order valence-electron chi connectivity index (χ1n) is 11.7. The van der Waals surface area contributed by atoms with E-state index >= 15 is 0 Å². The normalized spacial score (nSPS) is 22.7. The Morgan fingerprint density at radius 1 is 1.14 bits per heavy atom. The van der Waals surface area contributed by atoms with Gasteiger partial charge in [0, 0.05) is 18.7 Å². The monoisotopic (exact) mass is 485 g/mol. The van der Waals surface area contributed by atoms with Gasteiger partial charge in [0.15, 0.2) is 0 Å². The third-order valence-electron chi connectivity index (χ3n) is 6.81. The molecule has 0 radical (unpaired) electrons. The second kappa shape index (κ2) is 9.64. The van der Waals surface area contributed by atoms with E-state index in [4.69, 9.17) is 0 Å². The Hall–Kier alpha value is -3.49. The Morgan fingerprint density at radius 3 is 2.51 bits per heavy atom. The number of phenolic OH excluding ortho intramolecular Hbond substituents is 1. The average molecular weight is 486 g/mol. The number of rotatable bonds is 6. The number of hydrogen-bond acceptors (Lipinski definition) is 4. The van der Waals surface area contributed by atoms with Gasteiger partial charge in [-0.05, 0) is 60.4 Å². The third kappa shape index (κ3) is 4.72. The Kier molecular flexibility index (Phi) is 6.78. The number of piperazine rings is 1. The highest BCUT2D eigenvalue weighted by atomic mass is 19.1. The summed E-state index contributed by atoms with van der Waals surface area (Å²) in [6.45, 7) is 3.77. The summed E-state index contributed by atoms with van der Waals surface area (Å²) in [5.41, 5.74) is 1.68. The highest BCUT2D eigenvalue weighted by molar-refractivity contribution is 6.00. The molecule has 4 atom stereocenters. The van der Waals surface area contributed by atoms with Gasteiger partial charge >= 0.3 is 0 Å². The van der Waals surface area contributed by atoms with Gasteiger partial charge in [-0.2, -0.15) is 0 Å². The molecule has 0 spiro atoms. The topological polar surface area (TPSA) is 98.7 Å². The first-order valence-corrected chi connectivity index (χ1v) is 11.7. The molecule has 2 aliphatic rings. The van der Waals surface area contributed by atoms with Crippen molar-refractivity contribution in [2.45, 2.75) is 51.2 Å². The molecule has 9 heteroatoms. The van der Waals surface area contributed by atoms with Crippen molar-refractivity contribution in [1.82, 2.24) is 15.5 Å². The number of aromatic hydroxyl groups is 1. The van der Waals surface area contributed by atoms with Crippen LogP contribution in [0, 0.1) is 23.5 Å². The van der Waals surface area contributed by atoms with Gasteiger partial charge in [0.2, 0.25) is 17.7 Å². The number of nitrogens with zero attached hydrogens (tertiary/aromatic N) is 1. The molecule has 0 unspecified atom stereocenters. The van der Waals surface area contributed by atoms with Crippen LogP contribution in [0.1, 0.15) is 43.0 Å². The van der Waals surface area contributed by atoms with Crippen molar-refractivity contribution < 1.29 is 28.3 Å². The molecule has 1 fully saturated rings. The molecule has 2 aromatic rings. The van der Waals surface area contributed by atoms with Crippen molar-refractivity contribution in [2.24, 2.45) is 11.8 Å². The molecule has 7 nitrogen and oxygen atoms in total. The summed E-state index contributed by atoms with van der Waals surface area (Å²) in [5.74, 6) is -3.55. The van der Waals surface area contributed by atoms with Gasteiger partial charge in [0.25, 0.3) is 0 Å². The number of benzene rings is 2. The predicted molar refractivity (Wildman–Crippen MR) is 124 cm³/mol. The van der Waals surface area contributed by atoms with Crippen molar-refractivity contribution >= 4 is 17.7 Å². The van der Waals surface area contributed by atoms with Crippen molar-refractivity contribution in [2.75, 3.05) is 7.05 Å². The molecule has 3 amide bonds. The highest BCUT2D eigenvalue weighted by Crippen LogP contribution is 2.36. The number of halogens is 2. The minimum Gasteiger partial charge on any atom is -0.508 e. The van der Waals surface area contributed by atoms with Crippen LogP contribution >= 0.6 is 0 Å². The standard InChI is InChI=1S/C26H29F2N3O4/c1-13(2)8-21-24(33)30-22(16-9-14-4-6-18(32)11-15(14)10-16)26(35)31(21)23(25(34)29-3)19-7-5-17(27)12-20(19)28/h4-7,11-13,16,21-23,32H,8-10H2,1-3H3,(H,29,34)(H,30,33)/t16-,21+,22+,23+/m0/s1. The lowest BCUT2D eigenvalue weighted by atomic mass is 9.88. The lowest BCUT2D eigenvalue weighted by molar-refractivity contribution is -0.157. The van der Waals surface area contributed by atoms with Crippen molar-refractivity contribution in [1.29, 1.82) is 0 Å². The number of amides is 3. The minimum absolute atomic E-state index is 0.000266. The number of hydrogen-bond donors (Lipinski definition) is 3. The molecule has 3 N–H and O–H groups in total. The van der Waals surface area contributed by atoms with E-state index in [0.717, 1.165) is 23.3 Å². The lowest BCUT2D eigenvalue weighted by Crippen LogP contribution is -2.67. The summed E-state index contributed by atoms with van der Waals surface area (Å²) in [6, 6.07) is 4.46. The van der Waals surface area contributed by atoms with Crippen molar-refractivity contribution in [3.8, 4) is 5.75 Å². The highest BCUT2D eigenvalue weighted by Gasteiger charge is 2.49. The molecular weight excluding hydrogens is 456 g/mol. The first kappa shape index (κ1) is 24.6. The van der Waals surface area contributed by atoms with Gasteiger partial charge in [0.05, 0.1) is 0 Å². The molecular formula is C26H29F2N3O4. The van der Waals surface area contributed by atoms with Crippen LogP contribution in [0.4, 0.5) is 8.78 Å². The van der Waals surface area contributed by atoms with Crippen LogP contribution in [0.15, 0.2) is 36.4 Å². The van der Waals surface area contributed by atoms with E-state index in [-0.39, 0.29) is 29.6 Å². The zero-order valence-corrected chi connectivity index (χ0v) is 19.8. The molecule has 0 aromatic heterocycles. The van der Waals surface area contributed by atoms with Crippen LogP contribution < -0.4 is 10.6 Å². The fourth-order valence-electron chi connectivity index (χ4n) is 5.20. The summed E-state index contributed by atoms with van der Waals surface area (Å²) in [4.78, 5) is 41.5. The van der Waals surface area contributed by atoms with E-state index in [1.54, 1.807) is 18.2 Å². The molecule has 35 heavy (non-hydrogen) atoms. The number of carbonyl (C=O) groups is 3. The summed E-state index contributed by atoms with van der Waals surface area (Å²) in [7, 11) is 1.36. The second-order valence-electron chi connectivity index (χ2n) is 9.68. The molecule has 4 rings (SSSR count). The molecule has 1 aliphatic carbocycles. The van der Waals surface area contributed by atoms with Crippen molar-refractivity contribution in [3.05, 3.63) is 64.7 Å². The fourth-order valence-corrected chi connectivity index (χ4v) is 5.20. The maximum Gasteiger partial charge on any atom is 0.247 e. The predicted octanol–water partition coefficient (Wildman–Crippen LogP) is 2.61. The quantitative estimate of drug-likeness (QED) is 0.586. The zero-order chi connectivity index (χ0) is 25.4.